The molecule has 7 heteroatoms. The van der Waals surface area contributed by atoms with Crippen molar-refractivity contribution in [2.45, 2.75) is 64.0 Å². The Balaban J connectivity index is 1.09. The molecule has 2 aromatic carbocycles. The van der Waals surface area contributed by atoms with E-state index in [2.05, 4.69) is 70.5 Å². The lowest BCUT2D eigenvalue weighted by Crippen LogP contribution is -2.46. The number of fused-ring (bicyclic) bond motifs is 1. The number of piperazine rings is 1. The van der Waals surface area contributed by atoms with Gasteiger partial charge in [-0.3, -0.25) is 14.7 Å². The van der Waals surface area contributed by atoms with Gasteiger partial charge in [0.05, 0.1) is 12.5 Å². The van der Waals surface area contributed by atoms with Gasteiger partial charge in [0.2, 0.25) is 0 Å². The standard InChI is InChI=1S/C38H49N5O2/c1-5-7-36(39-2)29-11-9-27(10-12-29)8-6-17-42-18-20-43(21-19-42)26-35-32(28-13-14-28)22-30(23-37(35)45-4)34-25-41(3)38(44)33-24-40-16-15-31(33)34/h9-12,15-16,22-25,28,36,39H,5-8,13-14,17-21,26H2,1-4H3. The summed E-state index contributed by atoms with van der Waals surface area (Å²) in [4.78, 5) is 22.2. The van der Waals surface area contributed by atoms with E-state index >= 15 is 0 Å². The molecule has 1 aliphatic heterocycles. The molecule has 6 rings (SSSR count). The predicted octanol–water partition coefficient (Wildman–Crippen LogP) is 6.30. The molecule has 1 saturated carbocycles. The second kappa shape index (κ2) is 14.3. The number of aryl methyl sites for hydroxylation is 2. The van der Waals surface area contributed by atoms with Gasteiger partial charge in [-0.2, -0.15) is 0 Å². The van der Waals surface area contributed by atoms with E-state index in [-0.39, 0.29) is 5.56 Å². The largest absolute Gasteiger partial charge is 0.496 e. The molecule has 1 atom stereocenters. The number of hydrogen-bond donors (Lipinski definition) is 1. The van der Waals surface area contributed by atoms with E-state index in [1.54, 1.807) is 24.1 Å². The Kier molecular flexibility index (Phi) is 9.98. The van der Waals surface area contributed by atoms with Crippen LogP contribution in [0.5, 0.6) is 5.75 Å². The van der Waals surface area contributed by atoms with Gasteiger partial charge in [-0.05, 0) is 91.4 Å². The Morgan fingerprint density at radius 1 is 1.02 bits per heavy atom. The second-order valence-corrected chi connectivity index (χ2v) is 13.0. The predicted molar refractivity (Wildman–Crippen MR) is 184 cm³/mol. The maximum atomic E-state index is 12.8. The lowest BCUT2D eigenvalue weighted by molar-refractivity contribution is 0.125. The smallest absolute Gasteiger partial charge is 0.259 e. The van der Waals surface area contributed by atoms with Crippen molar-refractivity contribution in [3.63, 3.8) is 0 Å². The van der Waals surface area contributed by atoms with Crippen LogP contribution in [0.15, 0.2) is 65.8 Å². The molecule has 2 aliphatic rings. The lowest BCUT2D eigenvalue weighted by Gasteiger charge is -2.35. The maximum Gasteiger partial charge on any atom is 0.259 e. The first-order valence-electron chi connectivity index (χ1n) is 16.8. The third-order valence-corrected chi connectivity index (χ3v) is 9.87. The number of rotatable bonds is 13. The molecule has 1 unspecified atom stereocenters. The average molecular weight is 608 g/mol. The molecule has 0 radical (unpaired) electrons. The number of nitrogens with zero attached hydrogens (tertiary/aromatic N) is 4. The third-order valence-electron chi connectivity index (χ3n) is 9.87. The van der Waals surface area contributed by atoms with Gasteiger partial charge < -0.3 is 19.5 Å². The van der Waals surface area contributed by atoms with Crippen LogP contribution in [-0.2, 0) is 20.0 Å². The minimum Gasteiger partial charge on any atom is -0.496 e. The van der Waals surface area contributed by atoms with Crippen molar-refractivity contribution in [2.75, 3.05) is 46.9 Å². The fourth-order valence-corrected chi connectivity index (χ4v) is 7.06. The zero-order valence-electron chi connectivity index (χ0n) is 27.5. The number of ether oxygens (including phenoxy) is 1. The minimum absolute atomic E-state index is 0.0219. The highest BCUT2D eigenvalue weighted by atomic mass is 16.5. The van der Waals surface area contributed by atoms with Crippen LogP contribution in [0.25, 0.3) is 21.9 Å². The van der Waals surface area contributed by atoms with Gasteiger partial charge in [0.15, 0.2) is 0 Å². The summed E-state index contributed by atoms with van der Waals surface area (Å²) < 4.78 is 7.73. The molecule has 7 nitrogen and oxygen atoms in total. The van der Waals surface area contributed by atoms with Crippen molar-refractivity contribution in [3.05, 3.63) is 93.7 Å². The van der Waals surface area contributed by atoms with Gasteiger partial charge in [0.1, 0.15) is 5.75 Å². The van der Waals surface area contributed by atoms with Crippen LogP contribution in [0.4, 0.5) is 0 Å². The fourth-order valence-electron chi connectivity index (χ4n) is 7.06. The summed E-state index contributed by atoms with van der Waals surface area (Å²) in [6.45, 7) is 8.68. The fraction of sp³-hybridized carbons (Fsp3) is 0.474. The van der Waals surface area contributed by atoms with E-state index in [4.69, 9.17) is 4.74 Å². The molecular weight excluding hydrogens is 558 g/mol. The molecule has 2 fully saturated rings. The van der Waals surface area contributed by atoms with Crippen molar-refractivity contribution < 1.29 is 4.74 Å². The van der Waals surface area contributed by atoms with Crippen LogP contribution in [0.2, 0.25) is 0 Å². The molecule has 0 bridgehead atoms. The number of pyridine rings is 2. The monoisotopic (exact) mass is 607 g/mol. The van der Waals surface area contributed by atoms with Gasteiger partial charge in [-0.15, -0.1) is 0 Å². The van der Waals surface area contributed by atoms with E-state index < -0.39 is 0 Å². The van der Waals surface area contributed by atoms with Crippen LogP contribution in [0, 0.1) is 0 Å². The van der Waals surface area contributed by atoms with Gasteiger partial charge in [-0.25, -0.2) is 0 Å². The van der Waals surface area contributed by atoms with Gasteiger partial charge in [0, 0.05) is 75.5 Å². The molecule has 1 aliphatic carbocycles. The Morgan fingerprint density at radius 3 is 2.47 bits per heavy atom. The quantitative estimate of drug-likeness (QED) is 0.193. The van der Waals surface area contributed by atoms with Crippen LogP contribution < -0.4 is 15.6 Å². The first kappa shape index (κ1) is 31.5. The summed E-state index contributed by atoms with van der Waals surface area (Å²) in [7, 11) is 5.66. The minimum atomic E-state index is -0.0219. The number of hydrogen-bond acceptors (Lipinski definition) is 6. The summed E-state index contributed by atoms with van der Waals surface area (Å²) in [6.07, 6.45) is 12.5. The van der Waals surface area contributed by atoms with Gasteiger partial charge in [0.25, 0.3) is 5.56 Å². The molecule has 0 spiro atoms. The van der Waals surface area contributed by atoms with E-state index in [0.29, 0.717) is 17.3 Å². The SMILES string of the molecule is CCCC(NC)c1ccc(CCCN2CCN(Cc3c(OC)cc(-c4cn(C)c(=O)c5cnccc45)cc3C3CC3)CC2)cc1. The average Bonchev–Trinajstić information content (AvgIpc) is 3.92. The summed E-state index contributed by atoms with van der Waals surface area (Å²) in [6, 6.07) is 16.2. The van der Waals surface area contributed by atoms with Crippen molar-refractivity contribution >= 4 is 10.8 Å². The number of methoxy groups -OCH3 is 1. The summed E-state index contributed by atoms with van der Waals surface area (Å²) in [5.41, 5.74) is 7.70. The zero-order valence-corrected chi connectivity index (χ0v) is 27.5. The number of aromatic nitrogens is 2. The zero-order chi connectivity index (χ0) is 31.3. The molecule has 3 heterocycles. The Morgan fingerprint density at radius 2 is 1.78 bits per heavy atom. The van der Waals surface area contributed by atoms with E-state index in [0.717, 1.165) is 68.0 Å². The number of nitrogens with one attached hydrogen (secondary N) is 1. The Labute approximate surface area is 268 Å². The molecule has 4 aromatic rings. The van der Waals surface area contributed by atoms with Crippen molar-refractivity contribution in [2.24, 2.45) is 7.05 Å². The van der Waals surface area contributed by atoms with Gasteiger partial charge in [-0.1, -0.05) is 43.7 Å². The van der Waals surface area contributed by atoms with Crippen molar-refractivity contribution in [1.29, 1.82) is 0 Å². The Bertz CT molecular complexity index is 1650. The third kappa shape index (κ3) is 7.16. The van der Waals surface area contributed by atoms with Crippen LogP contribution in [-0.4, -0.2) is 66.2 Å². The molecule has 1 N–H and O–H groups in total. The second-order valence-electron chi connectivity index (χ2n) is 13.0. The number of benzene rings is 2. The van der Waals surface area contributed by atoms with Crippen LogP contribution in [0.3, 0.4) is 0 Å². The molecule has 238 valence electrons. The first-order chi connectivity index (χ1) is 22.0. The van der Waals surface area contributed by atoms with Crippen LogP contribution >= 0.6 is 0 Å². The summed E-state index contributed by atoms with van der Waals surface area (Å²) in [5.74, 6) is 1.54. The normalized spacial score (nSPS) is 16.7. The molecule has 45 heavy (non-hydrogen) atoms. The van der Waals surface area contributed by atoms with E-state index in [9.17, 15) is 4.79 Å². The summed E-state index contributed by atoms with van der Waals surface area (Å²) >= 11 is 0. The Hall–Kier alpha value is -3.52. The first-order valence-corrected chi connectivity index (χ1v) is 16.8. The van der Waals surface area contributed by atoms with Crippen molar-refractivity contribution in [3.8, 4) is 16.9 Å². The van der Waals surface area contributed by atoms with Crippen LogP contribution in [0.1, 0.15) is 73.2 Å². The highest BCUT2D eigenvalue weighted by Gasteiger charge is 2.30. The topological polar surface area (TPSA) is 62.6 Å². The highest BCUT2D eigenvalue weighted by molar-refractivity contribution is 5.95. The molecule has 1 saturated heterocycles. The van der Waals surface area contributed by atoms with Gasteiger partial charge >= 0.3 is 0 Å². The summed E-state index contributed by atoms with van der Waals surface area (Å²) in [5, 5.41) is 5.03. The lowest BCUT2D eigenvalue weighted by atomic mass is 9.93. The van der Waals surface area contributed by atoms with E-state index in [1.165, 1.54) is 54.4 Å². The van der Waals surface area contributed by atoms with E-state index in [1.807, 2.05) is 19.3 Å². The maximum absolute atomic E-state index is 12.8. The highest BCUT2D eigenvalue weighted by Crippen LogP contribution is 2.46. The molecular formula is C38H49N5O2. The molecule has 0 amide bonds. The molecule has 2 aromatic heterocycles. The van der Waals surface area contributed by atoms with Crippen molar-refractivity contribution in [1.82, 2.24) is 24.7 Å².